The van der Waals surface area contributed by atoms with Crippen molar-refractivity contribution in [1.29, 1.82) is 0 Å². The normalized spacial score (nSPS) is 14.1. The van der Waals surface area contributed by atoms with Crippen molar-refractivity contribution in [3.63, 3.8) is 0 Å². The van der Waals surface area contributed by atoms with Crippen molar-refractivity contribution >= 4 is 39.7 Å². The van der Waals surface area contributed by atoms with Crippen LogP contribution in [0.15, 0.2) is 0 Å². The minimum Gasteiger partial charge on any atom is -0.327 e. The summed E-state index contributed by atoms with van der Waals surface area (Å²) in [5.74, 6) is -0.368. The molecule has 0 fully saturated rings. The first-order valence-corrected chi connectivity index (χ1v) is 3.73. The SMILES string of the molecule is CC(N)CS(=O)(=O)O.[Na]. The summed E-state index contributed by atoms with van der Waals surface area (Å²) in [5.41, 5.74) is 5.04. The molecule has 0 aliphatic carbocycles. The van der Waals surface area contributed by atoms with Crippen LogP contribution < -0.4 is 5.73 Å². The van der Waals surface area contributed by atoms with E-state index in [1.807, 2.05) is 0 Å². The van der Waals surface area contributed by atoms with Crippen molar-refractivity contribution in [1.82, 2.24) is 0 Å². The van der Waals surface area contributed by atoms with Crippen LogP contribution in [0.1, 0.15) is 6.92 Å². The zero-order valence-corrected chi connectivity index (χ0v) is 8.35. The molecule has 0 spiro atoms. The standard InChI is InChI=1S/C3H9NO3S.Na/c1-3(4)2-8(5,6)7;/h3H,2,4H2,1H3,(H,5,6,7);. The summed E-state index contributed by atoms with van der Waals surface area (Å²) in [6.07, 6.45) is 0. The molecule has 0 aromatic heterocycles. The Morgan fingerprint density at radius 1 is 1.67 bits per heavy atom. The van der Waals surface area contributed by atoms with E-state index in [1.54, 1.807) is 0 Å². The second kappa shape index (κ2) is 4.65. The molecule has 1 unspecified atom stereocenters. The van der Waals surface area contributed by atoms with E-state index >= 15 is 0 Å². The molecule has 0 aromatic rings. The second-order valence-corrected chi connectivity index (χ2v) is 3.22. The monoisotopic (exact) mass is 162 g/mol. The smallest absolute Gasteiger partial charge is 0.266 e. The van der Waals surface area contributed by atoms with Crippen LogP contribution in [0, 0.1) is 0 Å². The Morgan fingerprint density at radius 2 is 2.00 bits per heavy atom. The molecule has 0 aliphatic heterocycles. The van der Waals surface area contributed by atoms with E-state index in [-0.39, 0.29) is 35.3 Å². The quantitative estimate of drug-likeness (QED) is 0.396. The van der Waals surface area contributed by atoms with Crippen LogP contribution in [0.4, 0.5) is 0 Å². The number of rotatable bonds is 2. The molecule has 3 N–H and O–H groups in total. The minimum atomic E-state index is -3.85. The Bertz CT molecular complexity index is 152. The summed E-state index contributed by atoms with van der Waals surface area (Å²) in [4.78, 5) is 0. The molecule has 0 aliphatic rings. The predicted octanol–water partition coefficient (Wildman–Crippen LogP) is -1.16. The molecule has 0 amide bonds. The van der Waals surface area contributed by atoms with Crippen molar-refractivity contribution in [3.8, 4) is 0 Å². The molecule has 0 bridgehead atoms. The van der Waals surface area contributed by atoms with Gasteiger partial charge in [0.2, 0.25) is 0 Å². The van der Waals surface area contributed by atoms with Gasteiger partial charge in [-0.1, -0.05) is 0 Å². The van der Waals surface area contributed by atoms with E-state index in [4.69, 9.17) is 10.3 Å². The summed E-state index contributed by atoms with van der Waals surface area (Å²) in [6, 6.07) is -0.495. The van der Waals surface area contributed by atoms with Gasteiger partial charge >= 0.3 is 0 Å². The van der Waals surface area contributed by atoms with Gasteiger partial charge in [0.1, 0.15) is 0 Å². The molecule has 4 nitrogen and oxygen atoms in total. The molecule has 9 heavy (non-hydrogen) atoms. The Balaban J connectivity index is 0. The second-order valence-electron chi connectivity index (χ2n) is 1.73. The molecule has 6 heteroatoms. The fourth-order valence-electron chi connectivity index (χ4n) is 0.332. The van der Waals surface area contributed by atoms with E-state index in [0.29, 0.717) is 0 Å². The zero-order chi connectivity index (χ0) is 6.78. The largest absolute Gasteiger partial charge is 0.327 e. The van der Waals surface area contributed by atoms with Crippen molar-refractivity contribution in [3.05, 3.63) is 0 Å². The molecular weight excluding hydrogens is 153 g/mol. The van der Waals surface area contributed by atoms with Crippen LogP contribution in [0.25, 0.3) is 0 Å². The first-order chi connectivity index (χ1) is 3.42. The zero-order valence-electron chi connectivity index (χ0n) is 5.53. The summed E-state index contributed by atoms with van der Waals surface area (Å²) in [5, 5.41) is 0. The first-order valence-electron chi connectivity index (χ1n) is 2.12. The Labute approximate surface area is 76.9 Å². The van der Waals surface area contributed by atoms with Gasteiger partial charge < -0.3 is 5.73 Å². The van der Waals surface area contributed by atoms with E-state index in [0.717, 1.165) is 0 Å². The molecule has 0 heterocycles. The van der Waals surface area contributed by atoms with Crippen LogP contribution in [0.2, 0.25) is 0 Å². The molecule has 0 saturated heterocycles. The van der Waals surface area contributed by atoms with Crippen molar-refractivity contribution < 1.29 is 13.0 Å². The van der Waals surface area contributed by atoms with Crippen LogP contribution in [-0.2, 0) is 10.1 Å². The van der Waals surface area contributed by atoms with Gasteiger partial charge in [-0.25, -0.2) is 0 Å². The predicted molar refractivity (Wildman–Crippen MR) is 35.8 cm³/mol. The average molecular weight is 162 g/mol. The third-order valence-corrected chi connectivity index (χ3v) is 1.42. The molecule has 51 valence electrons. The van der Waals surface area contributed by atoms with E-state index < -0.39 is 16.2 Å². The maximum Gasteiger partial charge on any atom is 0.266 e. The fourth-order valence-corrected chi connectivity index (χ4v) is 0.997. The molecule has 1 radical (unpaired) electrons. The molecule has 0 aromatic carbocycles. The third-order valence-electron chi connectivity index (χ3n) is 0.474. The minimum absolute atomic E-state index is 0. The Morgan fingerprint density at radius 3 is 2.00 bits per heavy atom. The van der Waals surface area contributed by atoms with Crippen LogP contribution in [0.3, 0.4) is 0 Å². The Kier molecular flexibility index (Phi) is 6.48. The van der Waals surface area contributed by atoms with Gasteiger partial charge in [0.05, 0.1) is 5.75 Å². The van der Waals surface area contributed by atoms with Crippen LogP contribution in [-0.4, -0.2) is 54.3 Å². The van der Waals surface area contributed by atoms with Gasteiger partial charge in [-0.2, -0.15) is 8.42 Å². The molecule has 0 saturated carbocycles. The molecule has 0 rings (SSSR count). The van der Waals surface area contributed by atoms with E-state index in [1.165, 1.54) is 6.92 Å². The van der Waals surface area contributed by atoms with E-state index in [2.05, 4.69) is 0 Å². The summed E-state index contributed by atoms with van der Waals surface area (Å²) in [7, 11) is -3.85. The summed E-state index contributed by atoms with van der Waals surface area (Å²) < 4.78 is 27.9. The molecule has 1 atom stereocenters. The third kappa shape index (κ3) is 12.1. The fraction of sp³-hybridized carbons (Fsp3) is 1.00. The molecular formula is C3H9NNaO3S. The van der Waals surface area contributed by atoms with Crippen molar-refractivity contribution in [2.75, 3.05) is 5.75 Å². The average Bonchev–Trinajstić information content (AvgIpc) is 1.21. The first kappa shape index (κ1) is 12.5. The topological polar surface area (TPSA) is 80.4 Å². The van der Waals surface area contributed by atoms with Gasteiger partial charge in [0.25, 0.3) is 10.1 Å². The Hall–Kier alpha value is 0.870. The van der Waals surface area contributed by atoms with Gasteiger partial charge in [0, 0.05) is 35.6 Å². The van der Waals surface area contributed by atoms with Crippen LogP contribution >= 0.6 is 0 Å². The maximum absolute atomic E-state index is 9.92. The summed E-state index contributed by atoms with van der Waals surface area (Å²) >= 11 is 0. The maximum atomic E-state index is 9.92. The number of hydrogen-bond acceptors (Lipinski definition) is 3. The van der Waals surface area contributed by atoms with Gasteiger partial charge in [0.15, 0.2) is 0 Å². The van der Waals surface area contributed by atoms with Crippen molar-refractivity contribution in [2.24, 2.45) is 5.73 Å². The summed E-state index contributed by atoms with van der Waals surface area (Å²) in [6.45, 7) is 1.51. The van der Waals surface area contributed by atoms with Gasteiger partial charge in [-0.15, -0.1) is 0 Å². The number of nitrogens with two attached hydrogens (primary N) is 1. The van der Waals surface area contributed by atoms with Crippen molar-refractivity contribution in [2.45, 2.75) is 13.0 Å². The van der Waals surface area contributed by atoms with E-state index in [9.17, 15) is 8.42 Å². The van der Waals surface area contributed by atoms with Crippen LogP contribution in [0.5, 0.6) is 0 Å². The van der Waals surface area contributed by atoms with Gasteiger partial charge in [-0.3, -0.25) is 4.55 Å². The van der Waals surface area contributed by atoms with Gasteiger partial charge in [-0.05, 0) is 6.92 Å². The number of hydrogen-bond donors (Lipinski definition) is 2.